The number of nitrogens with one attached hydrogen (secondary N) is 1. The minimum atomic E-state index is -1.22. The van der Waals surface area contributed by atoms with Crippen LogP contribution in [0.3, 0.4) is 0 Å². The zero-order valence-electron chi connectivity index (χ0n) is 20.5. The van der Waals surface area contributed by atoms with Crippen LogP contribution in [0.2, 0.25) is 10.0 Å². The number of carboxylic acid groups (broad SMARTS) is 1. The van der Waals surface area contributed by atoms with Gasteiger partial charge < -0.3 is 38.1 Å². The zero-order chi connectivity index (χ0) is 28.7. The Morgan fingerprint density at radius 2 is 1.55 bits per heavy atom. The molecule has 0 aliphatic heterocycles. The SMILES string of the molecule is NC(=O)CN(C[C@H](N)Cc1ccc(Cl)cc1)C(=O)O.NC(=O)CNC(=O)OC[C@H](N)Cc1ccccc1Cl. The summed E-state index contributed by atoms with van der Waals surface area (Å²) in [6.07, 6.45) is -0.971. The lowest BCUT2D eigenvalue weighted by molar-refractivity contribution is -0.119. The predicted octanol–water partition coefficient (Wildman–Crippen LogP) is 1.10. The van der Waals surface area contributed by atoms with Gasteiger partial charge in [0.25, 0.3) is 0 Å². The topological polar surface area (TPSA) is 217 Å². The summed E-state index contributed by atoms with van der Waals surface area (Å²) in [7, 11) is 0. The van der Waals surface area contributed by atoms with Crippen LogP contribution in [-0.2, 0) is 27.2 Å². The average molecular weight is 571 g/mol. The number of hydrogen-bond donors (Lipinski definition) is 6. The molecule has 0 fully saturated rings. The summed E-state index contributed by atoms with van der Waals surface area (Å²) >= 11 is 11.8. The Morgan fingerprint density at radius 3 is 2.11 bits per heavy atom. The molecule has 0 aliphatic carbocycles. The first kappa shape index (κ1) is 32.4. The molecule has 208 valence electrons. The fraction of sp³-hybridized carbons (Fsp3) is 0.333. The smallest absolute Gasteiger partial charge is 0.407 e. The summed E-state index contributed by atoms with van der Waals surface area (Å²) in [6, 6.07) is 13.6. The molecule has 0 aromatic heterocycles. The molecule has 0 unspecified atom stereocenters. The lowest BCUT2D eigenvalue weighted by Gasteiger charge is -2.21. The van der Waals surface area contributed by atoms with Gasteiger partial charge >= 0.3 is 12.2 Å². The Morgan fingerprint density at radius 1 is 0.921 bits per heavy atom. The number of halogens is 2. The molecule has 0 saturated carbocycles. The van der Waals surface area contributed by atoms with Gasteiger partial charge in [-0.25, -0.2) is 9.59 Å². The molecular formula is C24H32Cl2N6O6. The van der Waals surface area contributed by atoms with Crippen molar-refractivity contribution in [3.63, 3.8) is 0 Å². The fourth-order valence-corrected chi connectivity index (χ4v) is 3.41. The van der Waals surface area contributed by atoms with Gasteiger partial charge in [0.1, 0.15) is 13.2 Å². The Labute approximate surface area is 230 Å². The summed E-state index contributed by atoms with van der Waals surface area (Å²) in [5.41, 5.74) is 23.4. The van der Waals surface area contributed by atoms with Crippen molar-refractivity contribution in [2.75, 3.05) is 26.2 Å². The standard InChI is InChI=1S/2C12H16ClN3O3/c13-9-3-1-8(2-4-9)5-10(14)6-16(12(18)19)7-11(15)17;13-10-4-2-1-3-8(10)5-9(14)7-19-12(18)16-6-11(15)17/h1-4,10H,5-7,14H2,(H2,15,17)(H,18,19);1-4,9H,5-7,14H2,(H2,15,17)(H,16,18)/t10-;9-/m11/s1. The van der Waals surface area contributed by atoms with E-state index in [0.717, 1.165) is 16.0 Å². The Hall–Kier alpha value is -3.58. The van der Waals surface area contributed by atoms with Crippen LogP contribution in [-0.4, -0.2) is 72.3 Å². The number of alkyl carbamates (subject to hydrolysis) is 1. The van der Waals surface area contributed by atoms with Crippen molar-refractivity contribution in [1.29, 1.82) is 0 Å². The van der Waals surface area contributed by atoms with Gasteiger partial charge in [0, 0.05) is 28.7 Å². The van der Waals surface area contributed by atoms with E-state index in [1.165, 1.54) is 0 Å². The van der Waals surface area contributed by atoms with Crippen LogP contribution in [0.25, 0.3) is 0 Å². The third-order valence-electron chi connectivity index (χ3n) is 4.76. The van der Waals surface area contributed by atoms with Crippen LogP contribution in [0.15, 0.2) is 48.5 Å². The van der Waals surface area contributed by atoms with E-state index in [1.807, 2.05) is 30.3 Å². The third-order valence-corrected chi connectivity index (χ3v) is 5.38. The number of nitrogens with zero attached hydrogens (tertiary/aromatic N) is 1. The number of amides is 4. The van der Waals surface area contributed by atoms with Crippen molar-refractivity contribution in [3.8, 4) is 0 Å². The maximum atomic E-state index is 11.1. The number of rotatable bonds is 12. The first-order valence-electron chi connectivity index (χ1n) is 11.3. The minimum absolute atomic E-state index is 0.0236. The van der Waals surface area contributed by atoms with Gasteiger partial charge in [0.2, 0.25) is 11.8 Å². The van der Waals surface area contributed by atoms with Crippen molar-refractivity contribution in [2.24, 2.45) is 22.9 Å². The first-order chi connectivity index (χ1) is 17.9. The second-order valence-electron chi connectivity index (χ2n) is 8.19. The molecule has 0 aliphatic rings. The van der Waals surface area contributed by atoms with Crippen LogP contribution in [0.5, 0.6) is 0 Å². The van der Waals surface area contributed by atoms with E-state index >= 15 is 0 Å². The molecule has 38 heavy (non-hydrogen) atoms. The quantitative estimate of drug-likeness (QED) is 0.216. The van der Waals surface area contributed by atoms with Crippen LogP contribution in [0.1, 0.15) is 11.1 Å². The van der Waals surface area contributed by atoms with E-state index in [0.29, 0.717) is 22.9 Å². The van der Waals surface area contributed by atoms with Gasteiger partial charge in [-0.05, 0) is 42.2 Å². The van der Waals surface area contributed by atoms with Crippen molar-refractivity contribution in [1.82, 2.24) is 10.2 Å². The lowest BCUT2D eigenvalue weighted by Crippen LogP contribution is -2.45. The van der Waals surface area contributed by atoms with E-state index in [2.05, 4.69) is 5.32 Å². The van der Waals surface area contributed by atoms with E-state index in [9.17, 15) is 19.2 Å². The Bertz CT molecular complexity index is 1070. The molecule has 0 bridgehead atoms. The second kappa shape index (κ2) is 17.0. The highest BCUT2D eigenvalue weighted by atomic mass is 35.5. The second-order valence-corrected chi connectivity index (χ2v) is 9.04. The largest absolute Gasteiger partial charge is 0.465 e. The van der Waals surface area contributed by atoms with Crippen LogP contribution < -0.4 is 28.3 Å². The van der Waals surface area contributed by atoms with Crippen LogP contribution in [0.4, 0.5) is 9.59 Å². The molecule has 2 aromatic carbocycles. The summed E-state index contributed by atoms with van der Waals surface area (Å²) in [5.74, 6) is -1.35. The molecule has 0 radical (unpaired) electrons. The van der Waals surface area contributed by atoms with E-state index in [-0.39, 0.29) is 32.3 Å². The average Bonchev–Trinajstić information content (AvgIpc) is 2.84. The number of benzene rings is 2. The number of nitrogens with two attached hydrogens (primary N) is 4. The Balaban J connectivity index is 0.000000380. The van der Waals surface area contributed by atoms with Gasteiger partial charge in [0.05, 0.1) is 6.54 Å². The highest BCUT2D eigenvalue weighted by molar-refractivity contribution is 6.31. The van der Waals surface area contributed by atoms with Crippen molar-refractivity contribution < 1.29 is 29.0 Å². The molecular weight excluding hydrogens is 539 g/mol. The number of hydrogen-bond acceptors (Lipinski definition) is 7. The van der Waals surface area contributed by atoms with Gasteiger partial charge in [-0.1, -0.05) is 53.5 Å². The van der Waals surface area contributed by atoms with E-state index in [1.54, 1.807) is 18.2 Å². The summed E-state index contributed by atoms with van der Waals surface area (Å²) in [5, 5.41) is 12.4. The van der Waals surface area contributed by atoms with Crippen molar-refractivity contribution in [3.05, 3.63) is 69.7 Å². The predicted molar refractivity (Wildman–Crippen MR) is 144 cm³/mol. The number of ether oxygens (including phenoxy) is 1. The van der Waals surface area contributed by atoms with E-state index in [4.69, 9.17) is 56.0 Å². The van der Waals surface area contributed by atoms with Crippen LogP contribution in [0, 0.1) is 0 Å². The number of carbonyl (C=O) groups excluding carboxylic acids is 3. The van der Waals surface area contributed by atoms with Crippen molar-refractivity contribution in [2.45, 2.75) is 24.9 Å². The third kappa shape index (κ3) is 14.2. The molecule has 14 heteroatoms. The van der Waals surface area contributed by atoms with Gasteiger partial charge in [-0.15, -0.1) is 0 Å². The van der Waals surface area contributed by atoms with E-state index < -0.39 is 30.0 Å². The monoisotopic (exact) mass is 570 g/mol. The van der Waals surface area contributed by atoms with Gasteiger partial charge in [-0.2, -0.15) is 0 Å². The maximum Gasteiger partial charge on any atom is 0.407 e. The molecule has 4 amide bonds. The first-order valence-corrected chi connectivity index (χ1v) is 12.1. The van der Waals surface area contributed by atoms with Gasteiger partial charge in [0.15, 0.2) is 0 Å². The molecule has 12 nitrogen and oxygen atoms in total. The summed E-state index contributed by atoms with van der Waals surface area (Å²) < 4.78 is 4.84. The molecule has 10 N–H and O–H groups in total. The highest BCUT2D eigenvalue weighted by Gasteiger charge is 2.18. The molecule has 0 saturated heterocycles. The summed E-state index contributed by atoms with van der Waals surface area (Å²) in [6.45, 7) is -0.557. The number of carbonyl (C=O) groups is 4. The zero-order valence-corrected chi connectivity index (χ0v) is 22.0. The van der Waals surface area contributed by atoms with Crippen molar-refractivity contribution >= 4 is 47.2 Å². The molecule has 0 heterocycles. The Kier molecular flexibility index (Phi) is 14.5. The van der Waals surface area contributed by atoms with Gasteiger partial charge in [-0.3, -0.25) is 14.5 Å². The lowest BCUT2D eigenvalue weighted by atomic mass is 10.1. The minimum Gasteiger partial charge on any atom is -0.465 e. The molecule has 2 aromatic rings. The maximum absolute atomic E-state index is 11.1. The molecule has 0 spiro atoms. The fourth-order valence-electron chi connectivity index (χ4n) is 3.07. The number of primary amides is 2. The normalized spacial score (nSPS) is 11.8. The molecule has 2 rings (SSSR count). The van der Waals surface area contributed by atoms with Crippen LogP contribution >= 0.6 is 23.2 Å². The highest BCUT2D eigenvalue weighted by Crippen LogP contribution is 2.16. The summed E-state index contributed by atoms with van der Waals surface area (Å²) in [4.78, 5) is 44.2. The molecule has 2 atom stereocenters.